The molecule has 7 nitrogen and oxygen atoms in total. The molecule has 9 heteroatoms. The summed E-state index contributed by atoms with van der Waals surface area (Å²) in [6.45, 7) is 5.08. The van der Waals surface area contributed by atoms with Crippen molar-refractivity contribution in [3.63, 3.8) is 0 Å². The number of thiophene rings is 1. The molecule has 0 saturated heterocycles. The van der Waals surface area contributed by atoms with E-state index in [0.29, 0.717) is 16.3 Å². The summed E-state index contributed by atoms with van der Waals surface area (Å²) in [6, 6.07) is 9.10. The number of benzene rings is 1. The van der Waals surface area contributed by atoms with Gasteiger partial charge in [0.15, 0.2) is 9.84 Å². The number of hydrogen-bond donors (Lipinski definition) is 1. The van der Waals surface area contributed by atoms with Crippen LogP contribution in [0.1, 0.15) is 41.5 Å². The van der Waals surface area contributed by atoms with Gasteiger partial charge in [0.05, 0.1) is 23.0 Å². The fourth-order valence-electron chi connectivity index (χ4n) is 2.71. The molecular formula is C21H21NO6S2. The van der Waals surface area contributed by atoms with Gasteiger partial charge in [-0.25, -0.2) is 13.2 Å². The largest absolute Gasteiger partial charge is 0.464 e. The number of esters is 1. The van der Waals surface area contributed by atoms with Crippen LogP contribution in [0.25, 0.3) is 11.3 Å². The highest BCUT2D eigenvalue weighted by Crippen LogP contribution is 2.36. The van der Waals surface area contributed by atoms with Gasteiger partial charge in [0, 0.05) is 16.5 Å². The van der Waals surface area contributed by atoms with Crippen LogP contribution in [0.5, 0.6) is 0 Å². The Morgan fingerprint density at radius 1 is 1.17 bits per heavy atom. The van der Waals surface area contributed by atoms with Crippen molar-refractivity contribution < 1.29 is 27.2 Å². The molecule has 3 aromatic rings. The summed E-state index contributed by atoms with van der Waals surface area (Å²) >= 11 is 1.17. The summed E-state index contributed by atoms with van der Waals surface area (Å²) in [7, 11) is -3.43. The van der Waals surface area contributed by atoms with Crippen molar-refractivity contribution in [1.82, 2.24) is 0 Å². The summed E-state index contributed by atoms with van der Waals surface area (Å²) in [5.41, 5.74) is 1.00. The zero-order valence-corrected chi connectivity index (χ0v) is 18.3. The molecule has 0 fully saturated rings. The molecule has 0 atom stereocenters. The van der Waals surface area contributed by atoms with E-state index < -0.39 is 27.0 Å². The molecule has 1 aromatic carbocycles. The van der Waals surface area contributed by atoms with Crippen molar-refractivity contribution in [3.05, 3.63) is 59.2 Å². The average Bonchev–Trinajstić information content (AvgIpc) is 3.37. The van der Waals surface area contributed by atoms with Gasteiger partial charge in [-0.1, -0.05) is 0 Å². The van der Waals surface area contributed by atoms with Gasteiger partial charge < -0.3 is 14.5 Å². The van der Waals surface area contributed by atoms with Crippen LogP contribution in [0.2, 0.25) is 0 Å². The van der Waals surface area contributed by atoms with E-state index in [1.165, 1.54) is 41.9 Å². The van der Waals surface area contributed by atoms with Gasteiger partial charge in [-0.15, -0.1) is 11.3 Å². The molecule has 0 unspecified atom stereocenters. The minimum atomic E-state index is -3.43. The SMILES string of the molecule is CCOC(=O)c1c(-c2ccco2)csc1NC(=O)c1ccc(S(=O)(=O)C(C)C)cc1. The first-order valence-electron chi connectivity index (χ1n) is 9.23. The monoisotopic (exact) mass is 447 g/mol. The molecule has 0 saturated carbocycles. The molecule has 1 amide bonds. The molecule has 0 radical (unpaired) electrons. The number of amides is 1. The van der Waals surface area contributed by atoms with E-state index in [4.69, 9.17) is 9.15 Å². The van der Waals surface area contributed by atoms with Gasteiger partial charge in [0.25, 0.3) is 5.91 Å². The molecular weight excluding hydrogens is 426 g/mol. The molecule has 0 bridgehead atoms. The van der Waals surface area contributed by atoms with Crippen LogP contribution in [-0.2, 0) is 14.6 Å². The van der Waals surface area contributed by atoms with Gasteiger partial charge in [-0.2, -0.15) is 0 Å². The highest BCUT2D eigenvalue weighted by molar-refractivity contribution is 7.92. The van der Waals surface area contributed by atoms with E-state index in [0.717, 1.165) is 0 Å². The van der Waals surface area contributed by atoms with Crippen LogP contribution in [-0.4, -0.2) is 32.2 Å². The quantitative estimate of drug-likeness (QED) is 0.530. The molecule has 0 aliphatic rings. The second kappa shape index (κ2) is 8.85. The van der Waals surface area contributed by atoms with Crippen LogP contribution in [0.3, 0.4) is 0 Å². The first kappa shape index (κ1) is 21.8. The van der Waals surface area contributed by atoms with Crippen LogP contribution in [0, 0.1) is 0 Å². The Bertz CT molecular complexity index is 1140. The minimum Gasteiger partial charge on any atom is -0.464 e. The topological polar surface area (TPSA) is 103 Å². The van der Waals surface area contributed by atoms with Gasteiger partial charge >= 0.3 is 5.97 Å². The molecule has 30 heavy (non-hydrogen) atoms. The third kappa shape index (κ3) is 4.31. The van der Waals surface area contributed by atoms with Gasteiger partial charge in [0.2, 0.25) is 0 Å². The number of anilines is 1. The van der Waals surface area contributed by atoms with Gasteiger partial charge in [-0.05, 0) is 57.2 Å². The molecule has 1 N–H and O–H groups in total. The third-order valence-corrected chi connectivity index (χ3v) is 7.42. The Morgan fingerprint density at radius 3 is 2.43 bits per heavy atom. The van der Waals surface area contributed by atoms with Crippen molar-refractivity contribution in [2.45, 2.75) is 30.9 Å². The number of carbonyl (C=O) groups excluding carboxylic acids is 2. The van der Waals surface area contributed by atoms with Gasteiger partial charge in [0.1, 0.15) is 16.3 Å². The van der Waals surface area contributed by atoms with Crippen molar-refractivity contribution in [2.24, 2.45) is 0 Å². The molecule has 0 aliphatic carbocycles. The molecule has 3 rings (SSSR count). The Kier molecular flexibility index (Phi) is 6.42. The minimum absolute atomic E-state index is 0.150. The van der Waals surface area contributed by atoms with Crippen LogP contribution >= 0.6 is 11.3 Å². The fraction of sp³-hybridized carbons (Fsp3) is 0.238. The van der Waals surface area contributed by atoms with Crippen molar-refractivity contribution in [3.8, 4) is 11.3 Å². The maximum Gasteiger partial charge on any atom is 0.341 e. The Labute approximate surface area is 178 Å². The number of furan rings is 1. The Hall–Kier alpha value is -2.91. The molecule has 2 heterocycles. The maximum absolute atomic E-state index is 12.7. The lowest BCUT2D eigenvalue weighted by molar-refractivity contribution is 0.0528. The number of carbonyl (C=O) groups is 2. The predicted molar refractivity (Wildman–Crippen MR) is 115 cm³/mol. The summed E-state index contributed by atoms with van der Waals surface area (Å²) in [5.74, 6) is -0.557. The van der Waals surface area contributed by atoms with E-state index in [-0.39, 0.29) is 22.6 Å². The molecule has 0 aliphatic heterocycles. The number of nitrogens with one attached hydrogen (secondary N) is 1. The standard InChI is InChI=1S/C21H21NO6S2/c1-4-27-21(24)18-16(17-6-5-11-28-17)12-29-20(18)22-19(23)14-7-9-15(10-8-14)30(25,26)13(2)3/h5-13H,4H2,1-3H3,(H,22,23). The highest BCUT2D eigenvalue weighted by Gasteiger charge is 2.25. The summed E-state index contributed by atoms with van der Waals surface area (Å²) in [4.78, 5) is 25.4. The van der Waals surface area contributed by atoms with E-state index in [9.17, 15) is 18.0 Å². The van der Waals surface area contributed by atoms with Crippen molar-refractivity contribution >= 4 is 38.1 Å². The second-order valence-electron chi connectivity index (χ2n) is 6.62. The number of ether oxygens (including phenoxy) is 1. The second-order valence-corrected chi connectivity index (χ2v) is 10.0. The number of hydrogen-bond acceptors (Lipinski definition) is 7. The average molecular weight is 448 g/mol. The first-order chi connectivity index (χ1) is 14.3. The Balaban J connectivity index is 1.89. The number of rotatable bonds is 7. The number of sulfone groups is 1. The predicted octanol–water partition coefficient (Wildman–Crippen LogP) is 4.62. The lowest BCUT2D eigenvalue weighted by Crippen LogP contribution is -2.16. The third-order valence-electron chi connectivity index (χ3n) is 4.35. The van der Waals surface area contributed by atoms with E-state index >= 15 is 0 Å². The Morgan fingerprint density at radius 2 is 1.87 bits per heavy atom. The lowest BCUT2D eigenvalue weighted by atomic mass is 10.1. The summed E-state index contributed by atoms with van der Waals surface area (Å²) < 4.78 is 35.0. The van der Waals surface area contributed by atoms with Crippen molar-refractivity contribution in [2.75, 3.05) is 11.9 Å². The fourth-order valence-corrected chi connectivity index (χ4v) is 4.70. The molecule has 2 aromatic heterocycles. The molecule has 0 spiro atoms. The van der Waals surface area contributed by atoms with E-state index in [1.54, 1.807) is 38.3 Å². The smallest absolute Gasteiger partial charge is 0.341 e. The van der Waals surface area contributed by atoms with Crippen molar-refractivity contribution in [1.29, 1.82) is 0 Å². The lowest BCUT2D eigenvalue weighted by Gasteiger charge is -2.10. The van der Waals surface area contributed by atoms with E-state index in [1.807, 2.05) is 0 Å². The van der Waals surface area contributed by atoms with Gasteiger partial charge in [-0.3, -0.25) is 4.79 Å². The highest BCUT2D eigenvalue weighted by atomic mass is 32.2. The summed E-state index contributed by atoms with van der Waals surface area (Å²) in [5, 5.41) is 4.19. The van der Waals surface area contributed by atoms with Crippen LogP contribution < -0.4 is 5.32 Å². The molecule has 158 valence electrons. The van der Waals surface area contributed by atoms with Crippen LogP contribution in [0.15, 0.2) is 57.4 Å². The van der Waals surface area contributed by atoms with E-state index in [2.05, 4.69) is 5.32 Å². The summed E-state index contributed by atoms with van der Waals surface area (Å²) in [6.07, 6.45) is 1.49. The van der Waals surface area contributed by atoms with Crippen LogP contribution in [0.4, 0.5) is 5.00 Å². The maximum atomic E-state index is 12.7. The zero-order valence-electron chi connectivity index (χ0n) is 16.7. The first-order valence-corrected chi connectivity index (χ1v) is 11.7. The normalized spacial score (nSPS) is 11.5. The zero-order chi connectivity index (χ0) is 21.9.